The highest BCUT2D eigenvalue weighted by molar-refractivity contribution is 14.1. The van der Waals surface area contributed by atoms with Crippen LogP contribution in [0.5, 0.6) is 11.5 Å². The Balaban J connectivity index is 2.33. The summed E-state index contributed by atoms with van der Waals surface area (Å²) in [7, 11) is 0. The molecule has 0 heterocycles. The van der Waals surface area contributed by atoms with Crippen LogP contribution in [0.3, 0.4) is 0 Å². The Labute approximate surface area is 120 Å². The van der Waals surface area contributed by atoms with Crippen molar-refractivity contribution in [2.45, 2.75) is 12.8 Å². The van der Waals surface area contributed by atoms with E-state index in [-0.39, 0.29) is 0 Å². The van der Waals surface area contributed by atoms with Gasteiger partial charge in [0.25, 0.3) is 0 Å². The zero-order valence-corrected chi connectivity index (χ0v) is 12.3. The van der Waals surface area contributed by atoms with Crippen molar-refractivity contribution in [1.29, 1.82) is 0 Å². The molecule has 2 aromatic rings. The Morgan fingerprint density at radius 3 is 2.59 bits per heavy atom. The second-order valence-electron chi connectivity index (χ2n) is 3.78. The lowest BCUT2D eigenvalue weighted by Gasteiger charge is -2.11. The number of benzene rings is 2. The highest BCUT2D eigenvalue weighted by Crippen LogP contribution is 2.30. The van der Waals surface area contributed by atoms with Crippen molar-refractivity contribution in [3.05, 3.63) is 57.2 Å². The maximum absolute atomic E-state index is 5.93. The van der Waals surface area contributed by atoms with Crippen LogP contribution >= 0.6 is 34.2 Å². The smallest absolute Gasteiger partial charge is 0.140 e. The van der Waals surface area contributed by atoms with Gasteiger partial charge in [-0.2, -0.15) is 0 Å². The summed E-state index contributed by atoms with van der Waals surface area (Å²) in [4.78, 5) is 0. The van der Waals surface area contributed by atoms with Gasteiger partial charge in [-0.25, -0.2) is 0 Å². The van der Waals surface area contributed by atoms with Crippen LogP contribution in [0, 0.1) is 10.5 Å². The van der Waals surface area contributed by atoms with Crippen LogP contribution < -0.4 is 4.74 Å². The first-order chi connectivity index (χ1) is 8.20. The molecular weight excluding hydrogens is 347 g/mol. The number of para-hydroxylation sites is 1. The Morgan fingerprint density at radius 1 is 1.12 bits per heavy atom. The largest absolute Gasteiger partial charge is 0.456 e. The summed E-state index contributed by atoms with van der Waals surface area (Å²) >= 11 is 8.19. The van der Waals surface area contributed by atoms with Crippen LogP contribution in [0.25, 0.3) is 0 Å². The van der Waals surface area contributed by atoms with E-state index in [0.29, 0.717) is 5.88 Å². The summed E-state index contributed by atoms with van der Waals surface area (Å²) < 4.78 is 6.98. The van der Waals surface area contributed by atoms with Gasteiger partial charge < -0.3 is 4.74 Å². The molecule has 0 unspecified atom stereocenters. The van der Waals surface area contributed by atoms with Crippen LogP contribution in [-0.2, 0) is 5.88 Å². The maximum atomic E-state index is 5.93. The van der Waals surface area contributed by atoms with Gasteiger partial charge in [-0.3, -0.25) is 0 Å². The van der Waals surface area contributed by atoms with Crippen molar-refractivity contribution >= 4 is 34.2 Å². The summed E-state index contributed by atoms with van der Waals surface area (Å²) in [6.07, 6.45) is 0. The fraction of sp³-hybridized carbons (Fsp3) is 0.143. The van der Waals surface area contributed by atoms with E-state index in [1.54, 1.807) is 0 Å². The molecule has 2 aromatic carbocycles. The minimum absolute atomic E-state index is 0.459. The molecule has 0 amide bonds. The highest BCUT2D eigenvalue weighted by atomic mass is 127. The molecule has 0 atom stereocenters. The van der Waals surface area contributed by atoms with Crippen molar-refractivity contribution in [3.63, 3.8) is 0 Å². The van der Waals surface area contributed by atoms with Crippen molar-refractivity contribution in [2.75, 3.05) is 0 Å². The molecule has 17 heavy (non-hydrogen) atoms. The van der Waals surface area contributed by atoms with Gasteiger partial charge in [0.1, 0.15) is 11.5 Å². The van der Waals surface area contributed by atoms with Crippen LogP contribution in [0.1, 0.15) is 11.1 Å². The van der Waals surface area contributed by atoms with E-state index >= 15 is 0 Å². The predicted octanol–water partition coefficient (Wildman–Crippen LogP) is 5.13. The molecule has 0 spiro atoms. The SMILES string of the molecule is Cc1ccc(Oc2ccccc2I)c(CCl)c1. The summed E-state index contributed by atoms with van der Waals surface area (Å²) in [6, 6.07) is 14.0. The zero-order chi connectivity index (χ0) is 12.3. The van der Waals surface area contributed by atoms with Crippen LogP contribution in [0.4, 0.5) is 0 Å². The van der Waals surface area contributed by atoms with Gasteiger partial charge in [-0.1, -0.05) is 29.8 Å². The summed E-state index contributed by atoms with van der Waals surface area (Å²) in [5.41, 5.74) is 2.21. The molecule has 0 aliphatic carbocycles. The number of rotatable bonds is 3. The normalized spacial score (nSPS) is 10.3. The second-order valence-corrected chi connectivity index (χ2v) is 5.21. The van der Waals surface area contributed by atoms with Gasteiger partial charge in [0, 0.05) is 5.56 Å². The van der Waals surface area contributed by atoms with Gasteiger partial charge in [-0.05, 0) is 47.7 Å². The molecule has 1 nitrogen and oxygen atoms in total. The number of halogens is 2. The van der Waals surface area contributed by atoms with E-state index in [0.717, 1.165) is 20.6 Å². The third-order valence-electron chi connectivity index (χ3n) is 2.42. The van der Waals surface area contributed by atoms with Gasteiger partial charge >= 0.3 is 0 Å². The van der Waals surface area contributed by atoms with E-state index in [1.165, 1.54) is 5.56 Å². The summed E-state index contributed by atoms with van der Waals surface area (Å²) in [5.74, 6) is 2.15. The fourth-order valence-electron chi connectivity index (χ4n) is 1.56. The predicted molar refractivity (Wildman–Crippen MR) is 80.0 cm³/mol. The zero-order valence-electron chi connectivity index (χ0n) is 9.41. The van der Waals surface area contributed by atoms with Crippen molar-refractivity contribution in [2.24, 2.45) is 0 Å². The minimum Gasteiger partial charge on any atom is -0.456 e. The molecule has 0 aliphatic rings. The number of alkyl halides is 1. The summed E-state index contributed by atoms with van der Waals surface area (Å²) in [6.45, 7) is 2.05. The minimum atomic E-state index is 0.459. The molecule has 3 heteroatoms. The average molecular weight is 359 g/mol. The lowest BCUT2D eigenvalue weighted by molar-refractivity contribution is 0.475. The molecule has 0 N–H and O–H groups in total. The van der Waals surface area contributed by atoms with Gasteiger partial charge in [0.2, 0.25) is 0 Å². The molecule has 0 radical (unpaired) electrons. The van der Waals surface area contributed by atoms with Crippen LogP contribution in [-0.4, -0.2) is 0 Å². The van der Waals surface area contributed by atoms with Crippen molar-refractivity contribution < 1.29 is 4.74 Å². The van der Waals surface area contributed by atoms with E-state index < -0.39 is 0 Å². The Hall–Kier alpha value is -0.740. The topological polar surface area (TPSA) is 9.23 Å². The molecule has 0 saturated carbocycles. The quantitative estimate of drug-likeness (QED) is 0.546. The third-order valence-corrected chi connectivity index (χ3v) is 3.60. The molecule has 0 bridgehead atoms. The van der Waals surface area contributed by atoms with Crippen molar-refractivity contribution in [3.8, 4) is 11.5 Å². The highest BCUT2D eigenvalue weighted by Gasteiger charge is 2.06. The molecule has 0 aliphatic heterocycles. The molecule has 0 saturated heterocycles. The van der Waals surface area contributed by atoms with Gasteiger partial charge in [-0.15, -0.1) is 11.6 Å². The Kier molecular flexibility index (Phi) is 4.29. The monoisotopic (exact) mass is 358 g/mol. The maximum Gasteiger partial charge on any atom is 0.140 e. The third kappa shape index (κ3) is 3.13. The molecule has 0 aromatic heterocycles. The molecular formula is C14H12ClIO. The van der Waals surface area contributed by atoms with Crippen molar-refractivity contribution in [1.82, 2.24) is 0 Å². The lowest BCUT2D eigenvalue weighted by atomic mass is 10.1. The van der Waals surface area contributed by atoms with E-state index in [4.69, 9.17) is 16.3 Å². The first-order valence-corrected chi connectivity index (χ1v) is 6.90. The van der Waals surface area contributed by atoms with E-state index in [2.05, 4.69) is 28.7 Å². The standard InChI is InChI=1S/C14H12ClIO/c1-10-6-7-13(11(8-10)9-15)17-14-5-3-2-4-12(14)16/h2-8H,9H2,1H3. The molecule has 0 fully saturated rings. The summed E-state index contributed by atoms with van der Waals surface area (Å²) in [5, 5.41) is 0. The molecule has 88 valence electrons. The lowest BCUT2D eigenvalue weighted by Crippen LogP contribution is -1.92. The Morgan fingerprint density at radius 2 is 1.88 bits per heavy atom. The number of hydrogen-bond acceptors (Lipinski definition) is 1. The van der Waals surface area contributed by atoms with E-state index in [9.17, 15) is 0 Å². The average Bonchev–Trinajstić information content (AvgIpc) is 2.34. The van der Waals surface area contributed by atoms with Gasteiger partial charge in [0.05, 0.1) is 9.45 Å². The van der Waals surface area contributed by atoms with E-state index in [1.807, 2.05) is 43.3 Å². The van der Waals surface area contributed by atoms with Gasteiger partial charge in [0.15, 0.2) is 0 Å². The first kappa shape index (κ1) is 12.7. The number of ether oxygens (including phenoxy) is 1. The molecule has 2 rings (SSSR count). The second kappa shape index (κ2) is 5.74. The first-order valence-electron chi connectivity index (χ1n) is 5.28. The number of aryl methyl sites for hydroxylation is 1. The van der Waals surface area contributed by atoms with Crippen LogP contribution in [0.2, 0.25) is 0 Å². The number of hydrogen-bond donors (Lipinski definition) is 0. The Bertz CT molecular complexity index is 525. The van der Waals surface area contributed by atoms with Crippen LogP contribution in [0.15, 0.2) is 42.5 Å². The fourth-order valence-corrected chi connectivity index (χ4v) is 2.26.